The Kier molecular flexibility index (Phi) is 5.51. The summed E-state index contributed by atoms with van der Waals surface area (Å²) in [6.07, 6.45) is 3.10. The van der Waals surface area contributed by atoms with E-state index in [2.05, 4.69) is 15.6 Å². The molecule has 1 aromatic rings. The van der Waals surface area contributed by atoms with Gasteiger partial charge in [-0.05, 0) is 25.9 Å². The van der Waals surface area contributed by atoms with Crippen LogP contribution in [0.2, 0.25) is 0 Å². The van der Waals surface area contributed by atoms with Crippen molar-refractivity contribution in [3.8, 4) is 0 Å². The van der Waals surface area contributed by atoms with Crippen LogP contribution in [0.15, 0.2) is 6.20 Å². The molecule has 2 heterocycles. The number of hydrogen-bond acceptors (Lipinski definition) is 4. The van der Waals surface area contributed by atoms with Crippen molar-refractivity contribution in [2.45, 2.75) is 18.4 Å². The minimum atomic E-state index is -0.733. The molecule has 1 aliphatic rings. The Hall–Kier alpha value is -0.360. The molecule has 1 aliphatic heterocycles. The van der Waals surface area contributed by atoms with Gasteiger partial charge in [0, 0.05) is 7.05 Å². The van der Waals surface area contributed by atoms with Gasteiger partial charge >= 0.3 is 0 Å². The summed E-state index contributed by atoms with van der Waals surface area (Å²) in [7, 11) is 1.81. The summed E-state index contributed by atoms with van der Waals surface area (Å²) >= 11 is 0. The predicted molar refractivity (Wildman–Crippen MR) is 61.5 cm³/mol. The largest absolute Gasteiger partial charge is 0.383 e. The normalized spacial score (nSPS) is 18.8. The lowest BCUT2D eigenvalue weighted by atomic mass is 9.89. The van der Waals surface area contributed by atoms with Crippen molar-refractivity contribution in [3.63, 3.8) is 0 Å². The number of hydrogen-bond donors (Lipinski definition) is 2. The fourth-order valence-electron chi connectivity index (χ4n) is 1.81. The van der Waals surface area contributed by atoms with Gasteiger partial charge in [-0.15, -0.1) is 29.9 Å². The second-order valence-electron chi connectivity index (χ2n) is 3.52. The highest BCUT2D eigenvalue weighted by atomic mass is 35.5. The van der Waals surface area contributed by atoms with Crippen LogP contribution < -0.4 is 5.32 Å². The summed E-state index contributed by atoms with van der Waals surface area (Å²) in [6, 6.07) is 0. The first kappa shape index (κ1) is 14.6. The van der Waals surface area contributed by atoms with E-state index in [1.165, 1.54) is 0 Å². The molecule has 0 aliphatic carbocycles. The fourth-order valence-corrected chi connectivity index (χ4v) is 1.81. The van der Waals surface area contributed by atoms with Gasteiger partial charge in [0.05, 0.1) is 11.9 Å². The smallest absolute Gasteiger partial charge is 0.110 e. The lowest BCUT2D eigenvalue weighted by Crippen LogP contribution is -2.40. The van der Waals surface area contributed by atoms with Crippen LogP contribution >= 0.6 is 24.8 Å². The number of nitrogens with one attached hydrogen (secondary N) is 1. The number of nitrogens with zero attached hydrogens (tertiary/aromatic N) is 3. The number of aliphatic hydroxyl groups is 1. The van der Waals surface area contributed by atoms with Crippen LogP contribution in [0.3, 0.4) is 0 Å². The molecule has 1 saturated heterocycles. The monoisotopic (exact) mass is 254 g/mol. The number of rotatable bonds is 1. The van der Waals surface area contributed by atoms with E-state index < -0.39 is 5.60 Å². The van der Waals surface area contributed by atoms with Crippen LogP contribution in [0, 0.1) is 0 Å². The van der Waals surface area contributed by atoms with Crippen molar-refractivity contribution in [3.05, 3.63) is 11.9 Å². The first-order valence-corrected chi connectivity index (χ1v) is 4.51. The van der Waals surface area contributed by atoms with Crippen molar-refractivity contribution in [1.29, 1.82) is 0 Å². The molecule has 1 aromatic heterocycles. The summed E-state index contributed by atoms with van der Waals surface area (Å²) in [4.78, 5) is 0. The van der Waals surface area contributed by atoms with E-state index in [1.807, 2.05) is 7.05 Å². The maximum atomic E-state index is 10.3. The van der Waals surface area contributed by atoms with Gasteiger partial charge in [-0.25, -0.2) is 4.68 Å². The molecular formula is C8H16Cl2N4O. The highest BCUT2D eigenvalue weighted by Gasteiger charge is 2.33. The average Bonchev–Trinajstić information content (AvgIpc) is 2.53. The molecular weight excluding hydrogens is 239 g/mol. The SMILES string of the molecule is Cl.Cl.Cn1nncc1C1(O)CCNCC1. The van der Waals surface area contributed by atoms with Gasteiger partial charge in [0.25, 0.3) is 0 Å². The Morgan fingerprint density at radius 2 is 2.00 bits per heavy atom. The summed E-state index contributed by atoms with van der Waals surface area (Å²) in [5.74, 6) is 0. The lowest BCUT2D eigenvalue weighted by molar-refractivity contribution is -0.00150. The van der Waals surface area contributed by atoms with Crippen LogP contribution in [-0.4, -0.2) is 33.2 Å². The fraction of sp³-hybridized carbons (Fsp3) is 0.750. The zero-order valence-corrected chi connectivity index (χ0v) is 10.1. The molecule has 0 bridgehead atoms. The first-order valence-electron chi connectivity index (χ1n) is 4.51. The van der Waals surface area contributed by atoms with E-state index >= 15 is 0 Å². The molecule has 15 heavy (non-hydrogen) atoms. The Balaban J connectivity index is 0.000000980. The minimum absolute atomic E-state index is 0. The summed E-state index contributed by atoms with van der Waals surface area (Å²) in [6.45, 7) is 1.70. The molecule has 0 spiro atoms. The number of piperidine rings is 1. The van der Waals surface area contributed by atoms with Crippen molar-refractivity contribution in [2.75, 3.05) is 13.1 Å². The van der Waals surface area contributed by atoms with E-state index in [4.69, 9.17) is 0 Å². The van der Waals surface area contributed by atoms with Crippen molar-refractivity contribution in [2.24, 2.45) is 7.05 Å². The van der Waals surface area contributed by atoms with E-state index in [9.17, 15) is 5.11 Å². The molecule has 0 saturated carbocycles. The van der Waals surface area contributed by atoms with E-state index in [0.29, 0.717) is 0 Å². The second kappa shape index (κ2) is 5.65. The van der Waals surface area contributed by atoms with Gasteiger partial charge in [0.2, 0.25) is 0 Å². The third-order valence-electron chi connectivity index (χ3n) is 2.62. The molecule has 88 valence electrons. The molecule has 5 nitrogen and oxygen atoms in total. The highest BCUT2D eigenvalue weighted by molar-refractivity contribution is 5.85. The van der Waals surface area contributed by atoms with E-state index in [0.717, 1.165) is 31.6 Å². The maximum Gasteiger partial charge on any atom is 0.110 e. The molecule has 0 radical (unpaired) electrons. The topological polar surface area (TPSA) is 63.0 Å². The molecule has 0 aromatic carbocycles. The molecule has 0 amide bonds. The molecule has 2 rings (SSSR count). The number of halogens is 2. The molecule has 2 N–H and O–H groups in total. The third kappa shape index (κ3) is 2.81. The van der Waals surface area contributed by atoms with Crippen LogP contribution in [-0.2, 0) is 12.6 Å². The summed E-state index contributed by atoms with van der Waals surface area (Å²) < 4.78 is 1.64. The lowest BCUT2D eigenvalue weighted by Gasteiger charge is -2.31. The second-order valence-corrected chi connectivity index (χ2v) is 3.52. The number of aromatic nitrogens is 3. The molecule has 0 atom stereocenters. The maximum absolute atomic E-state index is 10.3. The van der Waals surface area contributed by atoms with Gasteiger partial charge in [-0.1, -0.05) is 5.21 Å². The van der Waals surface area contributed by atoms with Crippen LogP contribution in [0.1, 0.15) is 18.5 Å². The minimum Gasteiger partial charge on any atom is -0.383 e. The highest BCUT2D eigenvalue weighted by Crippen LogP contribution is 2.28. The van der Waals surface area contributed by atoms with Gasteiger partial charge in [-0.3, -0.25) is 0 Å². The average molecular weight is 255 g/mol. The van der Waals surface area contributed by atoms with Gasteiger partial charge < -0.3 is 10.4 Å². The van der Waals surface area contributed by atoms with Crippen LogP contribution in [0.4, 0.5) is 0 Å². The van der Waals surface area contributed by atoms with Crippen LogP contribution in [0.25, 0.3) is 0 Å². The Bertz CT molecular complexity index is 299. The predicted octanol–water partition coefficient (Wildman–Crippen LogP) is 0.230. The summed E-state index contributed by atoms with van der Waals surface area (Å²) in [5.41, 5.74) is 0.0813. The van der Waals surface area contributed by atoms with Crippen LogP contribution in [0.5, 0.6) is 0 Å². The Morgan fingerprint density at radius 3 is 2.47 bits per heavy atom. The summed E-state index contributed by atoms with van der Waals surface area (Å²) in [5, 5.41) is 21.1. The van der Waals surface area contributed by atoms with E-state index in [1.54, 1.807) is 10.9 Å². The zero-order valence-electron chi connectivity index (χ0n) is 8.51. The number of aryl methyl sites for hydroxylation is 1. The Morgan fingerprint density at radius 1 is 1.40 bits per heavy atom. The van der Waals surface area contributed by atoms with Gasteiger partial charge in [-0.2, -0.15) is 0 Å². The molecule has 0 unspecified atom stereocenters. The first-order chi connectivity index (χ1) is 6.22. The van der Waals surface area contributed by atoms with Crippen molar-refractivity contribution in [1.82, 2.24) is 20.3 Å². The van der Waals surface area contributed by atoms with Crippen molar-refractivity contribution < 1.29 is 5.11 Å². The van der Waals surface area contributed by atoms with Gasteiger partial charge in [0.1, 0.15) is 5.60 Å². The quantitative estimate of drug-likeness (QED) is 0.754. The van der Waals surface area contributed by atoms with E-state index in [-0.39, 0.29) is 24.8 Å². The Labute approximate surface area is 101 Å². The zero-order chi connectivity index (χ0) is 9.31. The van der Waals surface area contributed by atoms with Gasteiger partial charge in [0.15, 0.2) is 0 Å². The standard InChI is InChI=1S/C8H14N4O.2ClH/c1-12-7(6-10-11-12)8(13)2-4-9-5-3-8;;/h6,9,13H,2-5H2,1H3;2*1H. The van der Waals surface area contributed by atoms with Crippen molar-refractivity contribution >= 4 is 24.8 Å². The molecule has 1 fully saturated rings. The molecule has 7 heteroatoms. The third-order valence-corrected chi connectivity index (χ3v) is 2.62.